The maximum atomic E-state index is 12.5. The number of amides is 1. The summed E-state index contributed by atoms with van der Waals surface area (Å²) in [6, 6.07) is 8.24. The quantitative estimate of drug-likeness (QED) is 0.861. The molecule has 1 atom stereocenters. The van der Waals surface area contributed by atoms with E-state index in [0.29, 0.717) is 18.4 Å². The molecule has 1 aromatic rings. The Morgan fingerprint density at radius 1 is 1.20 bits per heavy atom. The average Bonchev–Trinajstić information content (AvgIpc) is 2.66. The lowest BCUT2D eigenvalue weighted by Crippen LogP contribution is -2.42. The Balaban J connectivity index is 1.58. The molecule has 2 aliphatic heterocycles. The highest BCUT2D eigenvalue weighted by Crippen LogP contribution is 2.29. The lowest BCUT2D eigenvalue weighted by Gasteiger charge is -2.34. The molecule has 138 valence electrons. The largest absolute Gasteiger partial charge is 0.396 e. The van der Waals surface area contributed by atoms with Gasteiger partial charge in [0.15, 0.2) is 0 Å². The minimum absolute atomic E-state index is 0.195. The zero-order valence-corrected chi connectivity index (χ0v) is 15.3. The van der Waals surface area contributed by atoms with Crippen molar-refractivity contribution in [1.82, 2.24) is 4.90 Å². The summed E-state index contributed by atoms with van der Waals surface area (Å²) in [6.07, 6.45) is 4.39. The highest BCUT2D eigenvalue weighted by Gasteiger charge is 2.22. The first kappa shape index (κ1) is 18.1. The first-order valence-corrected chi connectivity index (χ1v) is 9.64. The molecule has 0 aromatic heterocycles. The van der Waals surface area contributed by atoms with Crippen LogP contribution in [0, 0.1) is 11.8 Å². The number of benzene rings is 1. The van der Waals surface area contributed by atoms with Crippen molar-refractivity contribution in [2.45, 2.75) is 32.6 Å². The molecule has 2 saturated heterocycles. The summed E-state index contributed by atoms with van der Waals surface area (Å²) in [5, 5.41) is 12.7. The van der Waals surface area contributed by atoms with E-state index < -0.39 is 0 Å². The van der Waals surface area contributed by atoms with E-state index in [1.165, 1.54) is 12.1 Å². The van der Waals surface area contributed by atoms with E-state index in [9.17, 15) is 9.90 Å². The summed E-state index contributed by atoms with van der Waals surface area (Å²) in [5.41, 5.74) is 2.20. The van der Waals surface area contributed by atoms with Crippen molar-refractivity contribution in [3.05, 3.63) is 24.3 Å². The molecule has 2 fully saturated rings. The summed E-state index contributed by atoms with van der Waals surface area (Å²) < 4.78 is 0. The lowest BCUT2D eigenvalue weighted by molar-refractivity contribution is -0.130. The number of rotatable bonds is 5. The third-order valence-electron chi connectivity index (χ3n) is 5.56. The van der Waals surface area contributed by atoms with Crippen LogP contribution in [-0.2, 0) is 4.79 Å². The molecule has 2 heterocycles. The Labute approximate surface area is 151 Å². The Hall–Kier alpha value is -1.75. The number of carbonyl (C=O) groups excluding carboxylic acids is 1. The number of hydrogen-bond acceptors (Lipinski definition) is 4. The van der Waals surface area contributed by atoms with E-state index in [1.807, 2.05) is 17.0 Å². The minimum Gasteiger partial charge on any atom is -0.396 e. The summed E-state index contributed by atoms with van der Waals surface area (Å²) in [6.45, 7) is 6.56. The molecule has 1 aromatic carbocycles. The number of anilines is 2. The summed E-state index contributed by atoms with van der Waals surface area (Å²) in [4.78, 5) is 16.9. The Morgan fingerprint density at radius 3 is 2.68 bits per heavy atom. The van der Waals surface area contributed by atoms with Gasteiger partial charge in [-0.25, -0.2) is 0 Å². The molecule has 5 nitrogen and oxygen atoms in total. The summed E-state index contributed by atoms with van der Waals surface area (Å²) >= 11 is 0. The molecule has 25 heavy (non-hydrogen) atoms. The second-order valence-electron chi connectivity index (χ2n) is 7.57. The van der Waals surface area contributed by atoms with Crippen LogP contribution >= 0.6 is 0 Å². The number of hydrogen-bond donors (Lipinski definition) is 2. The molecule has 5 heteroatoms. The van der Waals surface area contributed by atoms with Crippen LogP contribution in [0.1, 0.15) is 32.6 Å². The van der Waals surface area contributed by atoms with Gasteiger partial charge in [-0.15, -0.1) is 0 Å². The van der Waals surface area contributed by atoms with Crippen LogP contribution in [0.15, 0.2) is 24.3 Å². The standard InChI is InChI=1S/C20H31N3O2/c1-16-5-4-10-23(14-16)20(25)13-21-18-6-2-3-7-19(18)22-11-8-17(15-24)9-12-22/h2-3,6-7,16-17,21,24H,4-5,8-15H2,1H3. The molecule has 3 rings (SSSR count). The number of aliphatic hydroxyl groups excluding tert-OH is 1. The molecule has 0 bridgehead atoms. The number of likely N-dealkylation sites (tertiary alicyclic amines) is 1. The number of piperidine rings is 2. The topological polar surface area (TPSA) is 55.8 Å². The van der Waals surface area contributed by atoms with Crippen LogP contribution in [0.3, 0.4) is 0 Å². The van der Waals surface area contributed by atoms with E-state index in [0.717, 1.165) is 51.1 Å². The highest BCUT2D eigenvalue weighted by molar-refractivity contribution is 5.83. The second kappa shape index (κ2) is 8.56. The fraction of sp³-hybridized carbons (Fsp3) is 0.650. The number of carbonyl (C=O) groups is 1. The molecule has 1 unspecified atom stereocenters. The van der Waals surface area contributed by atoms with Gasteiger partial charge in [-0.05, 0) is 49.7 Å². The monoisotopic (exact) mass is 345 g/mol. The third-order valence-corrected chi connectivity index (χ3v) is 5.56. The van der Waals surface area contributed by atoms with Crippen molar-refractivity contribution in [3.8, 4) is 0 Å². The van der Waals surface area contributed by atoms with E-state index in [2.05, 4.69) is 29.3 Å². The van der Waals surface area contributed by atoms with E-state index >= 15 is 0 Å². The van der Waals surface area contributed by atoms with Crippen LogP contribution in [-0.4, -0.2) is 55.2 Å². The smallest absolute Gasteiger partial charge is 0.241 e. The molecule has 0 spiro atoms. The molecule has 0 saturated carbocycles. The van der Waals surface area contributed by atoms with Gasteiger partial charge in [0.1, 0.15) is 0 Å². The molecule has 2 N–H and O–H groups in total. The molecular weight excluding hydrogens is 314 g/mol. The zero-order chi connectivity index (χ0) is 17.6. The highest BCUT2D eigenvalue weighted by atomic mass is 16.3. The number of nitrogens with zero attached hydrogens (tertiary/aromatic N) is 2. The van der Waals surface area contributed by atoms with Crippen LogP contribution in [0.2, 0.25) is 0 Å². The van der Waals surface area contributed by atoms with Gasteiger partial charge in [0.25, 0.3) is 0 Å². The van der Waals surface area contributed by atoms with Crippen molar-refractivity contribution in [3.63, 3.8) is 0 Å². The number of para-hydroxylation sites is 2. The molecular formula is C20H31N3O2. The predicted molar refractivity (Wildman–Crippen MR) is 102 cm³/mol. The molecule has 0 radical (unpaired) electrons. The van der Waals surface area contributed by atoms with E-state index in [-0.39, 0.29) is 12.5 Å². The maximum Gasteiger partial charge on any atom is 0.241 e. The average molecular weight is 345 g/mol. The first-order chi connectivity index (χ1) is 12.2. The predicted octanol–water partition coefficient (Wildman–Crippen LogP) is 2.57. The lowest BCUT2D eigenvalue weighted by atomic mass is 9.97. The van der Waals surface area contributed by atoms with Crippen molar-refractivity contribution in [1.29, 1.82) is 0 Å². The number of nitrogens with one attached hydrogen (secondary N) is 1. The van der Waals surface area contributed by atoms with Gasteiger partial charge in [0.2, 0.25) is 5.91 Å². The Morgan fingerprint density at radius 2 is 1.96 bits per heavy atom. The van der Waals surface area contributed by atoms with Crippen molar-refractivity contribution in [2.75, 3.05) is 49.5 Å². The van der Waals surface area contributed by atoms with Crippen LogP contribution in [0.4, 0.5) is 11.4 Å². The molecule has 0 aliphatic carbocycles. The summed E-state index contributed by atoms with van der Waals surface area (Å²) in [7, 11) is 0. The molecule has 2 aliphatic rings. The van der Waals surface area contributed by atoms with E-state index in [4.69, 9.17) is 0 Å². The van der Waals surface area contributed by atoms with Gasteiger partial charge in [-0.1, -0.05) is 19.1 Å². The fourth-order valence-electron chi connectivity index (χ4n) is 3.95. The number of aliphatic hydroxyl groups is 1. The normalized spacial score (nSPS) is 22.1. The minimum atomic E-state index is 0.195. The summed E-state index contributed by atoms with van der Waals surface area (Å²) in [5.74, 6) is 1.23. The van der Waals surface area contributed by atoms with Crippen molar-refractivity contribution >= 4 is 17.3 Å². The zero-order valence-electron chi connectivity index (χ0n) is 15.3. The SMILES string of the molecule is CC1CCCN(C(=O)CNc2ccccc2N2CCC(CO)CC2)C1. The molecule has 1 amide bonds. The first-order valence-electron chi connectivity index (χ1n) is 9.64. The second-order valence-corrected chi connectivity index (χ2v) is 7.57. The van der Waals surface area contributed by atoms with Crippen molar-refractivity contribution in [2.24, 2.45) is 11.8 Å². The van der Waals surface area contributed by atoms with Crippen LogP contribution in [0.25, 0.3) is 0 Å². The van der Waals surface area contributed by atoms with Gasteiger partial charge in [-0.2, -0.15) is 0 Å². The van der Waals surface area contributed by atoms with Crippen LogP contribution in [0.5, 0.6) is 0 Å². The Kier molecular flexibility index (Phi) is 6.19. The fourth-order valence-corrected chi connectivity index (χ4v) is 3.95. The Bertz CT molecular complexity index is 570. The van der Waals surface area contributed by atoms with E-state index in [1.54, 1.807) is 0 Å². The van der Waals surface area contributed by atoms with Gasteiger partial charge in [-0.3, -0.25) is 4.79 Å². The van der Waals surface area contributed by atoms with Gasteiger partial charge < -0.3 is 20.2 Å². The van der Waals surface area contributed by atoms with Gasteiger partial charge in [0, 0.05) is 32.8 Å². The van der Waals surface area contributed by atoms with Gasteiger partial charge >= 0.3 is 0 Å². The van der Waals surface area contributed by atoms with Crippen molar-refractivity contribution < 1.29 is 9.90 Å². The van der Waals surface area contributed by atoms with Gasteiger partial charge in [0.05, 0.1) is 17.9 Å². The van der Waals surface area contributed by atoms with Crippen LogP contribution < -0.4 is 10.2 Å². The maximum absolute atomic E-state index is 12.5. The third kappa shape index (κ3) is 4.66.